The normalized spacial score (nSPS) is 11.1. The topological polar surface area (TPSA) is 50.7 Å². The summed E-state index contributed by atoms with van der Waals surface area (Å²) >= 11 is 0. The quantitative estimate of drug-likeness (QED) is 0.616. The number of benzene rings is 2. The Morgan fingerprint density at radius 2 is 1.78 bits per heavy atom. The van der Waals surface area contributed by atoms with Gasteiger partial charge in [0.25, 0.3) is 5.91 Å². The minimum absolute atomic E-state index is 0.213. The molecule has 2 rings (SSSR count). The number of hydrazone groups is 1. The van der Waals surface area contributed by atoms with E-state index in [1.54, 1.807) is 24.3 Å². The maximum Gasteiger partial charge on any atom is 0.271 e. The van der Waals surface area contributed by atoms with Gasteiger partial charge in [-0.05, 0) is 43.2 Å². The number of rotatable bonds is 7. The molecule has 0 aliphatic carbocycles. The van der Waals surface area contributed by atoms with Gasteiger partial charge in [-0.3, -0.25) is 4.79 Å². The molecule has 23 heavy (non-hydrogen) atoms. The Balaban J connectivity index is 1.88. The lowest BCUT2D eigenvalue weighted by Crippen LogP contribution is -2.18. The van der Waals surface area contributed by atoms with Crippen molar-refractivity contribution in [1.82, 2.24) is 5.43 Å². The Kier molecular flexibility index (Phi) is 6.36. The second kappa shape index (κ2) is 8.73. The first-order valence-corrected chi connectivity index (χ1v) is 7.79. The molecule has 4 heteroatoms. The summed E-state index contributed by atoms with van der Waals surface area (Å²) in [5.41, 5.74) is 5.16. The molecule has 2 aromatic carbocycles. The largest absolute Gasteiger partial charge is 0.489 e. The lowest BCUT2D eigenvalue weighted by Gasteiger charge is -2.07. The summed E-state index contributed by atoms with van der Waals surface area (Å²) in [6.07, 6.45) is 1.89. The number of nitrogens with zero attached hydrogens (tertiary/aromatic N) is 1. The maximum atomic E-state index is 12.0. The van der Waals surface area contributed by atoms with Crippen LogP contribution >= 0.6 is 0 Å². The van der Waals surface area contributed by atoms with Crippen molar-refractivity contribution >= 4 is 11.6 Å². The Labute approximate surface area is 137 Å². The van der Waals surface area contributed by atoms with E-state index in [0.29, 0.717) is 12.2 Å². The number of carbonyl (C=O) groups excluding carboxylic acids is 1. The molecule has 120 valence electrons. The zero-order valence-electron chi connectivity index (χ0n) is 13.6. The predicted molar refractivity (Wildman–Crippen MR) is 92.7 cm³/mol. The lowest BCUT2D eigenvalue weighted by atomic mass is 10.2. The molecule has 0 fully saturated rings. The van der Waals surface area contributed by atoms with Gasteiger partial charge in [0.1, 0.15) is 12.4 Å². The van der Waals surface area contributed by atoms with E-state index in [1.807, 2.05) is 37.3 Å². The zero-order valence-corrected chi connectivity index (χ0v) is 13.6. The van der Waals surface area contributed by atoms with E-state index in [2.05, 4.69) is 17.5 Å². The first-order valence-electron chi connectivity index (χ1n) is 7.79. The van der Waals surface area contributed by atoms with E-state index in [4.69, 9.17) is 4.74 Å². The molecule has 4 nitrogen and oxygen atoms in total. The summed E-state index contributed by atoms with van der Waals surface area (Å²) in [6, 6.07) is 17.0. The number of amides is 1. The van der Waals surface area contributed by atoms with Crippen molar-refractivity contribution in [1.29, 1.82) is 0 Å². The Morgan fingerprint density at radius 1 is 1.09 bits per heavy atom. The zero-order chi connectivity index (χ0) is 16.5. The highest BCUT2D eigenvalue weighted by Crippen LogP contribution is 2.14. The highest BCUT2D eigenvalue weighted by atomic mass is 16.5. The Hall–Kier alpha value is -2.62. The molecule has 0 radical (unpaired) electrons. The molecule has 2 aromatic rings. The highest BCUT2D eigenvalue weighted by molar-refractivity contribution is 5.95. The van der Waals surface area contributed by atoms with Crippen molar-refractivity contribution in [2.45, 2.75) is 33.3 Å². The molecular formula is C19H22N2O2. The van der Waals surface area contributed by atoms with E-state index in [9.17, 15) is 4.79 Å². The van der Waals surface area contributed by atoms with Crippen LogP contribution in [0.3, 0.4) is 0 Å². The van der Waals surface area contributed by atoms with E-state index >= 15 is 0 Å². The third kappa shape index (κ3) is 5.58. The minimum Gasteiger partial charge on any atom is -0.489 e. The average Bonchev–Trinajstić information content (AvgIpc) is 2.59. The smallest absolute Gasteiger partial charge is 0.271 e. The fourth-order valence-electron chi connectivity index (χ4n) is 2.07. The van der Waals surface area contributed by atoms with Crippen molar-refractivity contribution in [3.8, 4) is 5.75 Å². The monoisotopic (exact) mass is 310 g/mol. The van der Waals surface area contributed by atoms with E-state index < -0.39 is 0 Å². The van der Waals surface area contributed by atoms with E-state index in [1.165, 1.54) is 0 Å². The second-order valence-electron chi connectivity index (χ2n) is 5.34. The van der Waals surface area contributed by atoms with Crippen LogP contribution in [-0.2, 0) is 6.61 Å². The van der Waals surface area contributed by atoms with Crippen LogP contribution in [0.4, 0.5) is 0 Å². The number of hydrogen-bond acceptors (Lipinski definition) is 3. The van der Waals surface area contributed by atoms with E-state index in [-0.39, 0.29) is 5.91 Å². The molecule has 0 saturated heterocycles. The fourth-order valence-corrected chi connectivity index (χ4v) is 2.07. The fraction of sp³-hybridized carbons (Fsp3) is 0.263. The molecule has 0 aliphatic rings. The molecule has 0 saturated carbocycles. The minimum atomic E-state index is -0.213. The first-order chi connectivity index (χ1) is 11.2. The second-order valence-corrected chi connectivity index (χ2v) is 5.34. The Bertz CT molecular complexity index is 649. The number of nitrogens with one attached hydrogen (secondary N) is 1. The molecule has 0 aliphatic heterocycles. The number of carbonyl (C=O) groups is 1. The summed E-state index contributed by atoms with van der Waals surface area (Å²) in [4.78, 5) is 12.0. The van der Waals surface area contributed by atoms with Crippen molar-refractivity contribution in [3.63, 3.8) is 0 Å². The maximum absolute atomic E-state index is 12.0. The van der Waals surface area contributed by atoms with Gasteiger partial charge in [-0.15, -0.1) is 0 Å². The van der Waals surface area contributed by atoms with Gasteiger partial charge in [-0.1, -0.05) is 43.7 Å². The van der Waals surface area contributed by atoms with Gasteiger partial charge < -0.3 is 4.74 Å². The van der Waals surface area contributed by atoms with Gasteiger partial charge >= 0.3 is 0 Å². The van der Waals surface area contributed by atoms with Crippen LogP contribution in [0.25, 0.3) is 0 Å². The van der Waals surface area contributed by atoms with Gasteiger partial charge in [0.15, 0.2) is 0 Å². The van der Waals surface area contributed by atoms with Crippen molar-refractivity contribution in [3.05, 3.63) is 65.7 Å². The highest BCUT2D eigenvalue weighted by Gasteiger charge is 2.05. The van der Waals surface area contributed by atoms with Crippen molar-refractivity contribution < 1.29 is 9.53 Å². The van der Waals surface area contributed by atoms with Crippen LogP contribution in [0, 0.1) is 0 Å². The lowest BCUT2D eigenvalue weighted by molar-refractivity contribution is 0.0954. The molecule has 1 amide bonds. The third-order valence-corrected chi connectivity index (χ3v) is 3.32. The van der Waals surface area contributed by atoms with Crippen LogP contribution in [0.15, 0.2) is 59.7 Å². The molecule has 0 unspecified atom stereocenters. The predicted octanol–water partition coefficient (Wildman–Crippen LogP) is 4.17. The summed E-state index contributed by atoms with van der Waals surface area (Å²) in [5, 5.41) is 4.07. The molecule has 0 aromatic heterocycles. The number of hydrogen-bond donors (Lipinski definition) is 1. The van der Waals surface area contributed by atoms with Crippen molar-refractivity contribution in [2.75, 3.05) is 0 Å². The summed E-state index contributed by atoms with van der Waals surface area (Å²) < 4.78 is 5.70. The van der Waals surface area contributed by atoms with Gasteiger partial charge in [-0.2, -0.15) is 5.10 Å². The van der Waals surface area contributed by atoms with Gasteiger partial charge in [-0.25, -0.2) is 5.43 Å². The summed E-state index contributed by atoms with van der Waals surface area (Å²) in [7, 11) is 0. The first kappa shape index (κ1) is 16.7. The molecule has 0 heterocycles. The van der Waals surface area contributed by atoms with E-state index in [0.717, 1.165) is 29.9 Å². The average molecular weight is 310 g/mol. The van der Waals surface area contributed by atoms with Crippen LogP contribution in [0.2, 0.25) is 0 Å². The van der Waals surface area contributed by atoms with Gasteiger partial charge in [0, 0.05) is 11.3 Å². The van der Waals surface area contributed by atoms with Gasteiger partial charge in [0.2, 0.25) is 0 Å². The van der Waals surface area contributed by atoms with Crippen molar-refractivity contribution in [2.24, 2.45) is 5.10 Å². The van der Waals surface area contributed by atoms with Crippen LogP contribution < -0.4 is 10.2 Å². The molecule has 0 bridgehead atoms. The molecule has 0 spiro atoms. The van der Waals surface area contributed by atoms with Crippen LogP contribution in [0.5, 0.6) is 5.75 Å². The molecular weight excluding hydrogens is 288 g/mol. The molecule has 1 N–H and O–H groups in total. The third-order valence-electron chi connectivity index (χ3n) is 3.32. The SMILES string of the molecule is CCC/C(C)=N/NC(=O)c1ccc(OCc2ccccc2)cc1. The Morgan fingerprint density at radius 3 is 2.43 bits per heavy atom. The van der Waals surface area contributed by atoms with Crippen LogP contribution in [0.1, 0.15) is 42.6 Å². The number of ether oxygens (including phenoxy) is 1. The molecule has 0 atom stereocenters. The summed E-state index contributed by atoms with van der Waals surface area (Å²) in [5.74, 6) is 0.520. The standard InChI is InChI=1S/C19H22N2O2/c1-3-7-15(2)20-21-19(22)17-10-12-18(13-11-17)23-14-16-8-5-4-6-9-16/h4-6,8-13H,3,7,14H2,1-2H3,(H,21,22)/b20-15+. The van der Waals surface area contributed by atoms with Gasteiger partial charge in [0.05, 0.1) is 0 Å². The summed E-state index contributed by atoms with van der Waals surface area (Å²) in [6.45, 7) is 4.49. The van der Waals surface area contributed by atoms with Crippen LogP contribution in [-0.4, -0.2) is 11.6 Å².